The van der Waals surface area contributed by atoms with Crippen molar-refractivity contribution in [1.29, 1.82) is 0 Å². The van der Waals surface area contributed by atoms with Gasteiger partial charge in [-0.15, -0.1) is 0 Å². The Morgan fingerprint density at radius 2 is 1.83 bits per heavy atom. The van der Waals surface area contributed by atoms with Crippen molar-refractivity contribution in [3.05, 3.63) is 64.7 Å². The Balaban J connectivity index is 2.23. The molecule has 23 heavy (non-hydrogen) atoms. The van der Waals surface area contributed by atoms with Crippen LogP contribution in [-0.4, -0.2) is 5.91 Å². The minimum Gasteiger partial charge on any atom is -0.326 e. The monoisotopic (exact) mass is 341 g/mol. The summed E-state index contributed by atoms with van der Waals surface area (Å²) >= 11 is 5.57. The Labute approximate surface area is 137 Å². The molecule has 122 valence electrons. The molecule has 0 bridgehead atoms. The smallest absolute Gasteiger partial charge is 0.326 e. The molecule has 0 heterocycles. The topological polar surface area (TPSA) is 29.1 Å². The highest BCUT2D eigenvalue weighted by Crippen LogP contribution is 2.36. The summed E-state index contributed by atoms with van der Waals surface area (Å²) in [4.78, 5) is 12.4. The van der Waals surface area contributed by atoms with E-state index in [0.717, 1.165) is 17.7 Å². The van der Waals surface area contributed by atoms with Gasteiger partial charge in [-0.3, -0.25) is 4.79 Å². The summed E-state index contributed by atoms with van der Waals surface area (Å²) in [6.45, 7) is 1.85. The van der Waals surface area contributed by atoms with Crippen molar-refractivity contribution in [3.63, 3.8) is 0 Å². The lowest BCUT2D eigenvalue weighted by atomic mass is 9.95. The van der Waals surface area contributed by atoms with E-state index in [-0.39, 0.29) is 11.6 Å². The average Bonchev–Trinajstić information content (AvgIpc) is 2.50. The van der Waals surface area contributed by atoms with Gasteiger partial charge >= 0.3 is 6.18 Å². The summed E-state index contributed by atoms with van der Waals surface area (Å²) in [6.07, 6.45) is -4.03. The molecule has 0 saturated heterocycles. The second kappa shape index (κ2) is 7.04. The largest absolute Gasteiger partial charge is 0.417 e. The van der Waals surface area contributed by atoms with E-state index in [2.05, 4.69) is 5.32 Å². The lowest BCUT2D eigenvalue weighted by Gasteiger charge is -2.16. The van der Waals surface area contributed by atoms with Crippen LogP contribution in [0.5, 0.6) is 0 Å². The Kier molecular flexibility index (Phi) is 5.31. The van der Waals surface area contributed by atoms with E-state index in [1.165, 1.54) is 6.07 Å². The number of carbonyl (C=O) groups excluding carboxylic acids is 1. The fourth-order valence-electron chi connectivity index (χ4n) is 2.31. The van der Waals surface area contributed by atoms with Gasteiger partial charge in [0.05, 0.1) is 16.5 Å². The van der Waals surface area contributed by atoms with Crippen LogP contribution in [0.15, 0.2) is 48.5 Å². The molecule has 0 fully saturated rings. The van der Waals surface area contributed by atoms with E-state index >= 15 is 0 Å². The fourth-order valence-corrected chi connectivity index (χ4v) is 2.53. The maximum atomic E-state index is 12.9. The molecule has 0 aliphatic heterocycles. The molecule has 1 amide bonds. The molecular weight excluding hydrogens is 327 g/mol. The maximum absolute atomic E-state index is 12.9. The van der Waals surface area contributed by atoms with Gasteiger partial charge in [-0.1, -0.05) is 48.9 Å². The predicted molar refractivity (Wildman–Crippen MR) is 84.6 cm³/mol. The van der Waals surface area contributed by atoms with Gasteiger partial charge in [0.15, 0.2) is 0 Å². The predicted octanol–water partition coefficient (Wildman–Crippen LogP) is 5.49. The van der Waals surface area contributed by atoms with Crippen molar-refractivity contribution < 1.29 is 18.0 Å². The zero-order chi connectivity index (χ0) is 17.0. The standard InChI is InChI=1S/C17H15ClF3NO/c1-2-13(11-6-4-3-5-7-11)16(23)22-12-8-9-15(18)14(10-12)17(19,20)21/h3-10,13H,2H2,1H3,(H,22,23)/t13-/m1/s1. The number of nitrogens with one attached hydrogen (secondary N) is 1. The molecule has 0 radical (unpaired) electrons. The highest BCUT2D eigenvalue weighted by atomic mass is 35.5. The van der Waals surface area contributed by atoms with Gasteiger partial charge in [0.2, 0.25) is 5.91 Å². The number of anilines is 1. The van der Waals surface area contributed by atoms with Crippen LogP contribution >= 0.6 is 11.6 Å². The molecule has 0 unspecified atom stereocenters. The molecule has 6 heteroatoms. The second-order valence-electron chi connectivity index (χ2n) is 5.05. The van der Waals surface area contributed by atoms with Gasteiger partial charge in [-0.05, 0) is 30.2 Å². The number of alkyl halides is 3. The van der Waals surface area contributed by atoms with Crippen molar-refractivity contribution in [1.82, 2.24) is 0 Å². The number of benzene rings is 2. The summed E-state index contributed by atoms with van der Waals surface area (Å²) in [5.41, 5.74) is -0.0802. The Morgan fingerprint density at radius 1 is 1.17 bits per heavy atom. The zero-order valence-corrected chi connectivity index (χ0v) is 13.1. The quantitative estimate of drug-likeness (QED) is 0.782. The molecule has 2 aromatic rings. The Bertz CT molecular complexity index is 686. The van der Waals surface area contributed by atoms with Crippen LogP contribution in [-0.2, 0) is 11.0 Å². The van der Waals surface area contributed by atoms with Gasteiger partial charge in [0, 0.05) is 5.69 Å². The zero-order valence-electron chi connectivity index (χ0n) is 12.3. The molecular formula is C17H15ClF3NO. The SMILES string of the molecule is CC[C@@H](C(=O)Nc1ccc(Cl)c(C(F)(F)F)c1)c1ccccc1. The molecule has 2 aromatic carbocycles. The lowest BCUT2D eigenvalue weighted by Crippen LogP contribution is -2.21. The van der Waals surface area contributed by atoms with Gasteiger partial charge in [0.25, 0.3) is 0 Å². The molecule has 0 aliphatic carbocycles. The minimum atomic E-state index is -4.57. The fraction of sp³-hybridized carbons (Fsp3) is 0.235. The van der Waals surface area contributed by atoms with Gasteiger partial charge in [-0.25, -0.2) is 0 Å². The molecule has 0 saturated carbocycles. The third kappa shape index (κ3) is 4.26. The summed E-state index contributed by atoms with van der Waals surface area (Å²) in [6, 6.07) is 12.4. The van der Waals surface area contributed by atoms with Crippen molar-refractivity contribution in [2.45, 2.75) is 25.4 Å². The summed E-state index contributed by atoms with van der Waals surface area (Å²) in [5, 5.41) is 2.14. The Morgan fingerprint density at radius 3 is 2.39 bits per heavy atom. The number of halogens is 4. The third-order valence-corrected chi connectivity index (χ3v) is 3.80. The highest BCUT2D eigenvalue weighted by molar-refractivity contribution is 6.31. The molecule has 2 nitrogen and oxygen atoms in total. The minimum absolute atomic E-state index is 0.0705. The second-order valence-corrected chi connectivity index (χ2v) is 5.46. The van der Waals surface area contributed by atoms with Gasteiger partial charge < -0.3 is 5.32 Å². The Hall–Kier alpha value is -2.01. The molecule has 0 aliphatic rings. The maximum Gasteiger partial charge on any atom is 0.417 e. The van der Waals surface area contributed by atoms with Crippen molar-refractivity contribution >= 4 is 23.2 Å². The van der Waals surface area contributed by atoms with E-state index in [9.17, 15) is 18.0 Å². The van der Waals surface area contributed by atoms with E-state index in [1.54, 1.807) is 0 Å². The first kappa shape index (κ1) is 17.3. The lowest BCUT2D eigenvalue weighted by molar-refractivity contribution is -0.137. The van der Waals surface area contributed by atoms with Crippen molar-refractivity contribution in [3.8, 4) is 0 Å². The van der Waals surface area contributed by atoms with E-state index in [4.69, 9.17) is 11.6 Å². The summed E-state index contributed by atoms with van der Waals surface area (Å²) in [5.74, 6) is -0.782. The van der Waals surface area contributed by atoms with Gasteiger partial charge in [-0.2, -0.15) is 13.2 Å². The molecule has 1 atom stereocenters. The number of carbonyl (C=O) groups is 1. The highest BCUT2D eigenvalue weighted by Gasteiger charge is 2.33. The van der Waals surface area contributed by atoms with Crippen LogP contribution < -0.4 is 5.32 Å². The van der Waals surface area contributed by atoms with Crippen LogP contribution in [0, 0.1) is 0 Å². The molecule has 0 aromatic heterocycles. The van der Waals surface area contributed by atoms with Crippen molar-refractivity contribution in [2.75, 3.05) is 5.32 Å². The van der Waals surface area contributed by atoms with Crippen LogP contribution in [0.4, 0.5) is 18.9 Å². The number of hydrogen-bond donors (Lipinski definition) is 1. The first-order valence-corrected chi connectivity index (χ1v) is 7.43. The third-order valence-electron chi connectivity index (χ3n) is 3.47. The van der Waals surface area contributed by atoms with E-state index < -0.39 is 22.7 Å². The first-order valence-electron chi connectivity index (χ1n) is 7.05. The average molecular weight is 342 g/mol. The number of amides is 1. The van der Waals surface area contributed by atoms with E-state index in [1.807, 2.05) is 37.3 Å². The summed E-state index contributed by atoms with van der Waals surface area (Å²) < 4.78 is 38.6. The normalized spacial score (nSPS) is 12.7. The number of hydrogen-bond acceptors (Lipinski definition) is 1. The first-order chi connectivity index (χ1) is 10.8. The van der Waals surface area contributed by atoms with Crippen LogP contribution in [0.3, 0.4) is 0 Å². The molecule has 2 rings (SSSR count). The van der Waals surface area contributed by atoms with Gasteiger partial charge in [0.1, 0.15) is 0 Å². The van der Waals surface area contributed by atoms with E-state index in [0.29, 0.717) is 6.42 Å². The molecule has 1 N–H and O–H groups in total. The van der Waals surface area contributed by atoms with Crippen LogP contribution in [0.2, 0.25) is 5.02 Å². The molecule has 0 spiro atoms. The van der Waals surface area contributed by atoms with Crippen LogP contribution in [0.25, 0.3) is 0 Å². The van der Waals surface area contributed by atoms with Crippen LogP contribution in [0.1, 0.15) is 30.4 Å². The summed E-state index contributed by atoms with van der Waals surface area (Å²) in [7, 11) is 0. The number of rotatable bonds is 4. The van der Waals surface area contributed by atoms with Crippen molar-refractivity contribution in [2.24, 2.45) is 0 Å².